The zero-order chi connectivity index (χ0) is 18.7. The summed E-state index contributed by atoms with van der Waals surface area (Å²) in [6, 6.07) is 0. The molecule has 0 fully saturated rings. The van der Waals surface area contributed by atoms with Crippen LogP contribution in [0.25, 0.3) is 0 Å². The van der Waals surface area contributed by atoms with Gasteiger partial charge in [0.2, 0.25) is 0 Å². The van der Waals surface area contributed by atoms with Crippen molar-refractivity contribution < 1.29 is 14.5 Å². The highest BCUT2D eigenvalue weighted by Gasteiger charge is 1.98. The van der Waals surface area contributed by atoms with E-state index in [1.807, 2.05) is 0 Å². The van der Waals surface area contributed by atoms with Gasteiger partial charge >= 0.3 is 5.97 Å². The van der Waals surface area contributed by atoms with E-state index < -0.39 is 5.97 Å². The second-order valence-corrected chi connectivity index (χ2v) is 7.12. The lowest BCUT2D eigenvalue weighted by molar-refractivity contribution is -0.840. The molecule has 5 heteroatoms. The van der Waals surface area contributed by atoms with Gasteiger partial charge in [-0.15, -0.1) is 0 Å². The van der Waals surface area contributed by atoms with Crippen LogP contribution in [-0.4, -0.2) is 42.9 Å². The molecule has 0 aliphatic rings. The number of nitrogens with zero attached hydrogens (tertiary/aromatic N) is 1. The number of nitrogens with two attached hydrogens (primary N) is 1. The molecule has 0 aliphatic carbocycles. The Balaban J connectivity index is 0. The number of rotatable bonds is 15. The predicted molar refractivity (Wildman–Crippen MR) is 103 cm³/mol. The van der Waals surface area contributed by atoms with Crippen molar-refractivity contribution in [3.8, 4) is 0 Å². The van der Waals surface area contributed by atoms with Crippen LogP contribution in [0.15, 0.2) is 0 Å². The van der Waals surface area contributed by atoms with Gasteiger partial charge in [-0.2, -0.15) is 0 Å². The molecule has 0 spiro atoms. The quantitative estimate of drug-likeness (QED) is 0.256. The van der Waals surface area contributed by atoms with Crippen molar-refractivity contribution in [2.75, 3.05) is 27.2 Å². The first kappa shape index (κ1) is 25.6. The highest BCUT2D eigenvalue weighted by molar-refractivity contribution is 5.66. The van der Waals surface area contributed by atoms with Crippen molar-refractivity contribution in [1.29, 1.82) is 0 Å². The van der Waals surface area contributed by atoms with Crippen molar-refractivity contribution >= 4 is 5.97 Å². The van der Waals surface area contributed by atoms with Gasteiger partial charge in [0.15, 0.2) is 0 Å². The van der Waals surface area contributed by atoms with Crippen LogP contribution >= 0.6 is 0 Å². The van der Waals surface area contributed by atoms with Crippen LogP contribution in [0, 0.1) is 5.21 Å². The maximum Gasteiger partial charge on any atom is 0.303 e. The number of aliphatic carboxylic acids is 1. The van der Waals surface area contributed by atoms with Crippen LogP contribution in [-0.2, 0) is 4.79 Å². The smallest absolute Gasteiger partial charge is 0.303 e. The fourth-order valence-corrected chi connectivity index (χ4v) is 2.41. The number of hydrogen-bond donors (Lipinski definition) is 2. The Morgan fingerprint density at radius 3 is 1.58 bits per heavy atom. The van der Waals surface area contributed by atoms with E-state index in [0.717, 1.165) is 19.3 Å². The first-order chi connectivity index (χ1) is 11.3. The number of quaternary nitrogens is 1. The molecule has 0 amide bonds. The summed E-state index contributed by atoms with van der Waals surface area (Å²) in [5, 5.41) is 19.2. The first-order valence-electron chi connectivity index (χ1n) is 9.79. The van der Waals surface area contributed by atoms with Crippen molar-refractivity contribution in [3.05, 3.63) is 5.21 Å². The average molecular weight is 347 g/mol. The van der Waals surface area contributed by atoms with Crippen LogP contribution in [0.3, 0.4) is 0 Å². The van der Waals surface area contributed by atoms with Crippen LogP contribution in [0.5, 0.6) is 0 Å². The van der Waals surface area contributed by atoms with E-state index in [2.05, 4.69) is 6.92 Å². The highest BCUT2D eigenvalue weighted by Crippen LogP contribution is 2.11. The molecule has 0 heterocycles. The van der Waals surface area contributed by atoms with E-state index in [1.54, 1.807) is 14.1 Å². The molecule has 24 heavy (non-hydrogen) atoms. The van der Waals surface area contributed by atoms with Gasteiger partial charge in [-0.3, -0.25) is 4.79 Å². The zero-order valence-electron chi connectivity index (χ0n) is 16.4. The summed E-state index contributed by atoms with van der Waals surface area (Å²) in [4.78, 5) is 10.3. The molecular formula is C19H42N2O3. The van der Waals surface area contributed by atoms with E-state index in [-0.39, 0.29) is 4.65 Å². The summed E-state index contributed by atoms with van der Waals surface area (Å²) in [5.41, 5.74) is 5.19. The zero-order valence-corrected chi connectivity index (χ0v) is 16.4. The molecule has 0 aromatic rings. The number of unbranched alkanes of at least 4 members (excludes halogenated alkanes) is 10. The average Bonchev–Trinajstić information content (AvgIpc) is 2.50. The number of hydrogen-bond acceptors (Lipinski definition) is 3. The third-order valence-electron chi connectivity index (χ3n) is 3.89. The van der Waals surface area contributed by atoms with Crippen molar-refractivity contribution in [3.63, 3.8) is 0 Å². The molecular weight excluding hydrogens is 304 g/mol. The van der Waals surface area contributed by atoms with E-state index in [1.165, 1.54) is 57.8 Å². The lowest BCUT2D eigenvalue weighted by Crippen LogP contribution is -2.34. The summed E-state index contributed by atoms with van der Waals surface area (Å²) in [5.74, 6) is -0.657. The molecule has 0 unspecified atom stereocenters. The molecule has 0 saturated carbocycles. The normalized spacial score (nSPS) is 11.0. The fraction of sp³-hybridized carbons (Fsp3) is 0.947. The van der Waals surface area contributed by atoms with Crippen molar-refractivity contribution in [2.45, 2.75) is 90.4 Å². The minimum absolute atomic E-state index is 0.225. The van der Waals surface area contributed by atoms with Gasteiger partial charge in [0, 0.05) is 12.8 Å². The highest BCUT2D eigenvalue weighted by atomic mass is 16.5. The lowest BCUT2D eigenvalue weighted by Gasteiger charge is -2.33. The molecule has 0 aromatic heterocycles. The van der Waals surface area contributed by atoms with Crippen LogP contribution in [0.2, 0.25) is 0 Å². The number of hydroxylamine groups is 3. The minimum atomic E-state index is -0.657. The molecule has 3 N–H and O–H groups in total. The first-order valence-corrected chi connectivity index (χ1v) is 9.79. The summed E-state index contributed by atoms with van der Waals surface area (Å²) >= 11 is 0. The van der Waals surface area contributed by atoms with Gasteiger partial charge < -0.3 is 20.7 Å². The van der Waals surface area contributed by atoms with Crippen molar-refractivity contribution in [1.82, 2.24) is 0 Å². The van der Waals surface area contributed by atoms with E-state index in [9.17, 15) is 10.0 Å². The monoisotopic (exact) mass is 346 g/mol. The Hall–Kier alpha value is -0.650. The molecule has 0 aliphatic heterocycles. The number of carboxylic acids is 1. The Morgan fingerprint density at radius 2 is 1.29 bits per heavy atom. The van der Waals surface area contributed by atoms with Crippen LogP contribution in [0.4, 0.5) is 0 Å². The van der Waals surface area contributed by atoms with Gasteiger partial charge in [-0.25, -0.2) is 0 Å². The Kier molecular flexibility index (Phi) is 19.9. The Bertz CT molecular complexity index is 266. The fourth-order valence-electron chi connectivity index (χ4n) is 2.41. The lowest BCUT2D eigenvalue weighted by atomic mass is 10.1. The van der Waals surface area contributed by atoms with E-state index in [4.69, 9.17) is 10.8 Å². The SMILES string of the molecule is CCCCCCCCCCCCCC(=O)O.C[N+](C)([O-])CCCN. The van der Waals surface area contributed by atoms with Gasteiger partial charge in [0.25, 0.3) is 0 Å². The molecule has 5 nitrogen and oxygen atoms in total. The van der Waals surface area contributed by atoms with Crippen LogP contribution in [0.1, 0.15) is 90.4 Å². The molecule has 0 bridgehead atoms. The van der Waals surface area contributed by atoms with Gasteiger partial charge in [-0.05, 0) is 13.0 Å². The van der Waals surface area contributed by atoms with E-state index in [0.29, 0.717) is 19.5 Å². The standard InChI is InChI=1S/C14H28O2.C5H14N2O/c1-2-3-4-5-6-7-8-9-10-11-12-13-14(15)16;1-7(2,8)5-3-4-6/h2-13H2,1H3,(H,15,16);3-6H2,1-2H3. The molecule has 0 saturated heterocycles. The summed E-state index contributed by atoms with van der Waals surface area (Å²) in [6.45, 7) is 3.48. The van der Waals surface area contributed by atoms with E-state index >= 15 is 0 Å². The maximum absolute atomic E-state index is 10.7. The molecule has 0 aromatic carbocycles. The Morgan fingerprint density at radius 1 is 0.875 bits per heavy atom. The van der Waals surface area contributed by atoms with Crippen LogP contribution < -0.4 is 5.73 Å². The Labute approximate surface area is 149 Å². The summed E-state index contributed by atoms with van der Waals surface area (Å²) in [7, 11) is 3.24. The topological polar surface area (TPSA) is 86.4 Å². The molecule has 0 radical (unpaired) electrons. The third kappa shape index (κ3) is 29.4. The molecule has 146 valence electrons. The third-order valence-corrected chi connectivity index (χ3v) is 3.89. The minimum Gasteiger partial charge on any atom is -0.633 e. The predicted octanol–water partition coefficient (Wildman–Crippen LogP) is 4.68. The summed E-state index contributed by atoms with van der Waals surface area (Å²) < 4.78 is -0.225. The van der Waals surface area contributed by atoms with Gasteiger partial charge in [-0.1, -0.05) is 71.1 Å². The maximum atomic E-state index is 10.7. The molecule has 0 rings (SSSR count). The van der Waals surface area contributed by atoms with Crippen molar-refractivity contribution in [2.24, 2.45) is 5.73 Å². The van der Waals surface area contributed by atoms with Gasteiger partial charge in [0.1, 0.15) is 0 Å². The second kappa shape index (κ2) is 18.7. The number of carboxylic acid groups (broad SMARTS) is 1. The largest absolute Gasteiger partial charge is 0.633 e. The second-order valence-electron chi connectivity index (χ2n) is 7.12. The van der Waals surface area contributed by atoms with Gasteiger partial charge in [0.05, 0.1) is 20.6 Å². The summed E-state index contributed by atoms with van der Waals surface area (Å²) in [6.07, 6.45) is 15.2. The molecule has 0 atom stereocenters. The number of carbonyl (C=O) groups is 1.